The SMILES string of the molecule is CCCC(C)C=CC1=C(C)CCCCC(C)(C)C1. The first-order chi connectivity index (χ1) is 8.44. The zero-order valence-corrected chi connectivity index (χ0v) is 13.2. The van der Waals surface area contributed by atoms with Crippen LogP contribution in [0.25, 0.3) is 0 Å². The Bertz CT molecular complexity index is 304. The molecule has 0 aromatic heterocycles. The summed E-state index contributed by atoms with van der Waals surface area (Å²) in [7, 11) is 0. The summed E-state index contributed by atoms with van der Waals surface area (Å²) in [5, 5.41) is 0. The molecule has 0 bridgehead atoms. The maximum absolute atomic E-state index is 2.43. The smallest absolute Gasteiger partial charge is 0.0228 e. The molecule has 1 aliphatic rings. The summed E-state index contributed by atoms with van der Waals surface area (Å²) in [6, 6.07) is 0. The highest BCUT2D eigenvalue weighted by Gasteiger charge is 2.21. The summed E-state index contributed by atoms with van der Waals surface area (Å²) in [6.07, 6.45) is 14.2. The minimum Gasteiger partial charge on any atom is -0.0814 e. The van der Waals surface area contributed by atoms with Gasteiger partial charge in [-0.3, -0.25) is 0 Å². The van der Waals surface area contributed by atoms with Crippen molar-refractivity contribution in [1.82, 2.24) is 0 Å². The first kappa shape index (κ1) is 15.5. The molecule has 1 aliphatic carbocycles. The van der Waals surface area contributed by atoms with Crippen LogP contribution in [0.15, 0.2) is 23.3 Å². The third kappa shape index (κ3) is 5.42. The topological polar surface area (TPSA) is 0 Å². The van der Waals surface area contributed by atoms with Crippen molar-refractivity contribution in [2.24, 2.45) is 11.3 Å². The first-order valence-electron chi connectivity index (χ1n) is 7.81. The molecule has 0 nitrogen and oxygen atoms in total. The number of hydrogen-bond acceptors (Lipinski definition) is 0. The molecule has 0 N–H and O–H groups in total. The first-order valence-corrected chi connectivity index (χ1v) is 7.81. The molecule has 1 unspecified atom stereocenters. The quantitative estimate of drug-likeness (QED) is 0.549. The van der Waals surface area contributed by atoms with Gasteiger partial charge in [-0.25, -0.2) is 0 Å². The van der Waals surface area contributed by atoms with Crippen LogP contribution in [0.5, 0.6) is 0 Å². The second kappa shape index (κ2) is 7.16. The molecule has 1 atom stereocenters. The highest BCUT2D eigenvalue weighted by molar-refractivity contribution is 5.26. The predicted molar refractivity (Wildman–Crippen MR) is 82.8 cm³/mol. The van der Waals surface area contributed by atoms with Gasteiger partial charge in [-0.1, -0.05) is 58.3 Å². The van der Waals surface area contributed by atoms with Crippen LogP contribution in [0.2, 0.25) is 0 Å². The van der Waals surface area contributed by atoms with Crippen molar-refractivity contribution in [2.75, 3.05) is 0 Å². The molecule has 0 aliphatic heterocycles. The van der Waals surface area contributed by atoms with E-state index in [4.69, 9.17) is 0 Å². The van der Waals surface area contributed by atoms with Crippen molar-refractivity contribution in [2.45, 2.75) is 79.6 Å². The van der Waals surface area contributed by atoms with E-state index in [0.29, 0.717) is 5.41 Å². The Balaban J connectivity index is 2.77. The summed E-state index contributed by atoms with van der Waals surface area (Å²) in [6.45, 7) is 11.8. The molecule has 0 amide bonds. The highest BCUT2D eigenvalue weighted by atomic mass is 14.3. The van der Waals surface area contributed by atoms with Gasteiger partial charge in [0.1, 0.15) is 0 Å². The zero-order chi connectivity index (χ0) is 13.6. The summed E-state index contributed by atoms with van der Waals surface area (Å²) >= 11 is 0. The van der Waals surface area contributed by atoms with Gasteiger partial charge in [-0.05, 0) is 55.9 Å². The van der Waals surface area contributed by atoms with E-state index in [1.165, 1.54) is 44.9 Å². The summed E-state index contributed by atoms with van der Waals surface area (Å²) in [4.78, 5) is 0. The lowest BCUT2D eigenvalue weighted by Gasteiger charge is -2.28. The molecule has 104 valence electrons. The fourth-order valence-electron chi connectivity index (χ4n) is 2.94. The fraction of sp³-hybridized carbons (Fsp3) is 0.778. The van der Waals surface area contributed by atoms with Crippen LogP contribution >= 0.6 is 0 Å². The third-order valence-corrected chi connectivity index (χ3v) is 4.24. The van der Waals surface area contributed by atoms with Crippen molar-refractivity contribution < 1.29 is 0 Å². The van der Waals surface area contributed by atoms with Crippen LogP contribution < -0.4 is 0 Å². The maximum Gasteiger partial charge on any atom is -0.0228 e. The molecule has 0 heterocycles. The normalized spacial score (nSPS) is 22.9. The average molecular weight is 248 g/mol. The van der Waals surface area contributed by atoms with Crippen molar-refractivity contribution in [3.63, 3.8) is 0 Å². The Labute approximate surface area is 115 Å². The highest BCUT2D eigenvalue weighted by Crippen LogP contribution is 2.36. The molecule has 0 saturated heterocycles. The van der Waals surface area contributed by atoms with Gasteiger partial charge in [0.05, 0.1) is 0 Å². The Morgan fingerprint density at radius 1 is 1.28 bits per heavy atom. The molecule has 0 radical (unpaired) electrons. The molecule has 0 spiro atoms. The molecule has 1 rings (SSSR count). The molecule has 0 fully saturated rings. The van der Waals surface area contributed by atoms with Gasteiger partial charge in [0.15, 0.2) is 0 Å². The fourth-order valence-corrected chi connectivity index (χ4v) is 2.94. The Kier molecular flexibility index (Phi) is 6.18. The van der Waals surface area contributed by atoms with Gasteiger partial charge in [0.2, 0.25) is 0 Å². The average Bonchev–Trinajstić information content (AvgIpc) is 2.28. The van der Waals surface area contributed by atoms with Gasteiger partial charge in [-0.15, -0.1) is 0 Å². The van der Waals surface area contributed by atoms with Crippen LogP contribution in [-0.4, -0.2) is 0 Å². The molecule has 0 aromatic rings. The lowest BCUT2D eigenvalue weighted by Crippen LogP contribution is -2.14. The van der Waals surface area contributed by atoms with Crippen LogP contribution in [-0.2, 0) is 0 Å². The monoisotopic (exact) mass is 248 g/mol. The Hall–Kier alpha value is -0.520. The van der Waals surface area contributed by atoms with Crippen molar-refractivity contribution in [3.05, 3.63) is 23.3 Å². The largest absolute Gasteiger partial charge is 0.0814 e. The number of allylic oxidation sites excluding steroid dienone is 4. The second-order valence-corrected chi connectivity index (χ2v) is 6.98. The minimum atomic E-state index is 0.481. The van der Waals surface area contributed by atoms with E-state index in [9.17, 15) is 0 Å². The summed E-state index contributed by atoms with van der Waals surface area (Å²) in [5.41, 5.74) is 3.72. The third-order valence-electron chi connectivity index (χ3n) is 4.24. The van der Waals surface area contributed by atoms with E-state index >= 15 is 0 Å². The molecule has 0 aromatic carbocycles. The Morgan fingerprint density at radius 3 is 2.67 bits per heavy atom. The van der Waals surface area contributed by atoms with Crippen molar-refractivity contribution in [1.29, 1.82) is 0 Å². The van der Waals surface area contributed by atoms with Crippen LogP contribution in [0.3, 0.4) is 0 Å². The molecular weight excluding hydrogens is 216 g/mol. The lowest BCUT2D eigenvalue weighted by atomic mass is 9.77. The summed E-state index contributed by atoms with van der Waals surface area (Å²) in [5.74, 6) is 0.726. The van der Waals surface area contributed by atoms with Gasteiger partial charge in [-0.2, -0.15) is 0 Å². The number of hydrogen-bond donors (Lipinski definition) is 0. The van der Waals surface area contributed by atoms with Crippen LogP contribution in [0.1, 0.15) is 79.6 Å². The van der Waals surface area contributed by atoms with Crippen molar-refractivity contribution >= 4 is 0 Å². The predicted octanol–water partition coefficient (Wildman–Crippen LogP) is 6.29. The van der Waals surface area contributed by atoms with E-state index in [1.807, 2.05) is 0 Å². The maximum atomic E-state index is 2.43. The zero-order valence-electron chi connectivity index (χ0n) is 13.2. The van der Waals surface area contributed by atoms with Crippen LogP contribution in [0.4, 0.5) is 0 Å². The van der Waals surface area contributed by atoms with Crippen molar-refractivity contribution in [3.8, 4) is 0 Å². The van der Waals surface area contributed by atoms with E-state index in [-0.39, 0.29) is 0 Å². The van der Waals surface area contributed by atoms with E-state index in [0.717, 1.165) is 5.92 Å². The summed E-state index contributed by atoms with van der Waals surface area (Å²) < 4.78 is 0. The van der Waals surface area contributed by atoms with E-state index in [2.05, 4.69) is 46.8 Å². The van der Waals surface area contributed by atoms with Gasteiger partial charge in [0.25, 0.3) is 0 Å². The van der Waals surface area contributed by atoms with E-state index in [1.54, 1.807) is 11.1 Å². The molecule has 0 saturated carbocycles. The number of rotatable bonds is 4. The van der Waals surface area contributed by atoms with Gasteiger partial charge in [0, 0.05) is 0 Å². The van der Waals surface area contributed by atoms with Crippen LogP contribution in [0, 0.1) is 11.3 Å². The second-order valence-electron chi connectivity index (χ2n) is 6.98. The van der Waals surface area contributed by atoms with E-state index < -0.39 is 0 Å². The Morgan fingerprint density at radius 2 is 2.00 bits per heavy atom. The molecule has 0 heteroatoms. The lowest BCUT2D eigenvalue weighted by molar-refractivity contribution is 0.313. The van der Waals surface area contributed by atoms with Gasteiger partial charge >= 0.3 is 0 Å². The van der Waals surface area contributed by atoms with Gasteiger partial charge < -0.3 is 0 Å². The molecule has 18 heavy (non-hydrogen) atoms. The standard InChI is InChI=1S/C18H32/c1-6-9-15(2)11-12-17-14-18(4,5)13-8-7-10-16(17)3/h11-12,15H,6-10,13-14H2,1-5H3. The minimum absolute atomic E-state index is 0.481. The molecular formula is C18H32.